The van der Waals surface area contributed by atoms with Crippen molar-refractivity contribution in [1.82, 2.24) is 10.2 Å². The molecule has 0 aromatic heterocycles. The highest BCUT2D eigenvalue weighted by Crippen LogP contribution is 2.26. The molecule has 0 saturated carbocycles. The normalized spacial score (nSPS) is 11.9. The number of ether oxygens (including phenoxy) is 1. The first kappa shape index (κ1) is 29.0. The maximum absolute atomic E-state index is 13.8. The van der Waals surface area contributed by atoms with Gasteiger partial charge in [-0.1, -0.05) is 48.9 Å². The van der Waals surface area contributed by atoms with Crippen LogP contribution >= 0.6 is 11.6 Å². The Morgan fingerprint density at radius 3 is 2.29 bits per heavy atom. The van der Waals surface area contributed by atoms with Crippen molar-refractivity contribution in [3.8, 4) is 5.75 Å². The smallest absolute Gasteiger partial charge is 0.264 e. The third-order valence-electron chi connectivity index (χ3n) is 5.93. The molecule has 38 heavy (non-hydrogen) atoms. The van der Waals surface area contributed by atoms with Crippen molar-refractivity contribution < 1.29 is 22.7 Å². The van der Waals surface area contributed by atoms with Crippen molar-refractivity contribution in [1.29, 1.82) is 0 Å². The molecule has 1 unspecified atom stereocenters. The Morgan fingerprint density at radius 1 is 1.00 bits per heavy atom. The largest absolute Gasteiger partial charge is 0.497 e. The summed E-state index contributed by atoms with van der Waals surface area (Å²) in [5, 5.41) is 3.30. The molecule has 2 amide bonds. The number of carbonyl (C=O) groups is 2. The lowest BCUT2D eigenvalue weighted by molar-refractivity contribution is -0.139. The molecule has 0 aliphatic carbocycles. The summed E-state index contributed by atoms with van der Waals surface area (Å²) in [4.78, 5) is 28.1. The second kappa shape index (κ2) is 13.3. The molecule has 3 aromatic carbocycles. The maximum atomic E-state index is 13.8. The zero-order valence-corrected chi connectivity index (χ0v) is 23.2. The summed E-state index contributed by atoms with van der Waals surface area (Å²) in [7, 11) is -2.61. The molecule has 0 aliphatic rings. The topological polar surface area (TPSA) is 96.0 Å². The quantitative estimate of drug-likeness (QED) is 0.354. The number of benzene rings is 3. The molecule has 8 nitrogen and oxygen atoms in total. The van der Waals surface area contributed by atoms with E-state index in [-0.39, 0.29) is 23.0 Å². The molecule has 1 atom stereocenters. The van der Waals surface area contributed by atoms with E-state index in [9.17, 15) is 18.0 Å². The van der Waals surface area contributed by atoms with Gasteiger partial charge < -0.3 is 15.0 Å². The van der Waals surface area contributed by atoms with Crippen LogP contribution in [0.25, 0.3) is 0 Å². The SMILES string of the molecule is CCCNC(=O)C(C)N(Cc1cccc(Cl)c1)C(=O)CN(c1ccc(OC)cc1)S(=O)(=O)c1ccccc1. The summed E-state index contributed by atoms with van der Waals surface area (Å²) in [6.45, 7) is 3.57. The van der Waals surface area contributed by atoms with Crippen molar-refractivity contribution in [3.63, 3.8) is 0 Å². The van der Waals surface area contributed by atoms with Gasteiger partial charge in [0, 0.05) is 18.1 Å². The Kier molecular flexibility index (Phi) is 10.2. The molecule has 202 valence electrons. The van der Waals surface area contributed by atoms with Crippen LogP contribution in [0.15, 0.2) is 83.8 Å². The Bertz CT molecular complexity index is 1330. The van der Waals surface area contributed by atoms with E-state index in [1.165, 1.54) is 24.1 Å². The van der Waals surface area contributed by atoms with Crippen molar-refractivity contribution in [2.75, 3.05) is 24.5 Å². The van der Waals surface area contributed by atoms with E-state index in [1.54, 1.807) is 73.7 Å². The Hall–Kier alpha value is -3.56. The van der Waals surface area contributed by atoms with Gasteiger partial charge in [-0.2, -0.15) is 0 Å². The highest BCUT2D eigenvalue weighted by atomic mass is 35.5. The predicted octanol–water partition coefficient (Wildman–Crippen LogP) is 4.49. The Balaban J connectivity index is 2.01. The third kappa shape index (κ3) is 7.26. The van der Waals surface area contributed by atoms with Gasteiger partial charge in [-0.15, -0.1) is 0 Å². The molecule has 1 N–H and O–H groups in total. The van der Waals surface area contributed by atoms with Crippen LogP contribution in [-0.4, -0.2) is 51.4 Å². The fourth-order valence-electron chi connectivity index (χ4n) is 3.81. The van der Waals surface area contributed by atoms with Crippen molar-refractivity contribution in [2.24, 2.45) is 0 Å². The lowest BCUT2D eigenvalue weighted by atomic mass is 10.1. The number of nitrogens with zero attached hydrogens (tertiary/aromatic N) is 2. The second-order valence-corrected chi connectivity index (χ2v) is 10.9. The number of hydrogen-bond donors (Lipinski definition) is 1. The second-order valence-electron chi connectivity index (χ2n) is 8.64. The fourth-order valence-corrected chi connectivity index (χ4v) is 5.46. The van der Waals surface area contributed by atoms with Crippen molar-refractivity contribution in [3.05, 3.63) is 89.4 Å². The lowest BCUT2D eigenvalue weighted by Gasteiger charge is -2.32. The van der Waals surface area contributed by atoms with Gasteiger partial charge in [-0.3, -0.25) is 13.9 Å². The summed E-state index contributed by atoms with van der Waals surface area (Å²) in [6, 6.07) is 20.4. The first-order valence-electron chi connectivity index (χ1n) is 12.2. The van der Waals surface area contributed by atoms with Crippen LogP contribution in [0.1, 0.15) is 25.8 Å². The first-order valence-corrected chi connectivity index (χ1v) is 14.0. The molecule has 10 heteroatoms. The molecule has 0 fully saturated rings. The molecule has 3 rings (SSSR count). The molecule has 0 heterocycles. The van der Waals surface area contributed by atoms with E-state index in [1.807, 2.05) is 6.92 Å². The zero-order chi connectivity index (χ0) is 27.7. The third-order valence-corrected chi connectivity index (χ3v) is 7.95. The average Bonchev–Trinajstić information content (AvgIpc) is 2.93. The number of nitrogens with one attached hydrogen (secondary N) is 1. The molecule has 0 spiro atoms. The zero-order valence-electron chi connectivity index (χ0n) is 21.6. The van der Waals surface area contributed by atoms with Gasteiger partial charge in [0.2, 0.25) is 11.8 Å². The van der Waals surface area contributed by atoms with Crippen molar-refractivity contribution in [2.45, 2.75) is 37.8 Å². The first-order chi connectivity index (χ1) is 18.2. The van der Waals surface area contributed by atoms with Crippen LogP contribution in [0.2, 0.25) is 5.02 Å². The van der Waals surface area contributed by atoms with Gasteiger partial charge in [0.1, 0.15) is 18.3 Å². The van der Waals surface area contributed by atoms with Gasteiger partial charge >= 0.3 is 0 Å². The van der Waals surface area contributed by atoms with E-state index in [4.69, 9.17) is 16.3 Å². The summed E-state index contributed by atoms with van der Waals surface area (Å²) in [5.41, 5.74) is 0.997. The number of rotatable bonds is 12. The van der Waals surface area contributed by atoms with Gasteiger partial charge in [-0.05, 0) is 67.4 Å². The molecule has 0 radical (unpaired) electrons. The predicted molar refractivity (Wildman–Crippen MR) is 149 cm³/mol. The highest BCUT2D eigenvalue weighted by Gasteiger charge is 2.32. The maximum Gasteiger partial charge on any atom is 0.264 e. The van der Waals surface area contributed by atoms with E-state index < -0.39 is 28.5 Å². The average molecular weight is 558 g/mol. The molecular weight excluding hydrogens is 526 g/mol. The fraction of sp³-hybridized carbons (Fsp3) is 0.286. The Morgan fingerprint density at radius 2 is 1.68 bits per heavy atom. The van der Waals surface area contributed by atoms with Crippen LogP contribution in [0.5, 0.6) is 5.75 Å². The summed E-state index contributed by atoms with van der Waals surface area (Å²) >= 11 is 6.15. The number of methoxy groups -OCH3 is 1. The van der Waals surface area contributed by atoms with Gasteiger partial charge in [0.05, 0.1) is 17.7 Å². The van der Waals surface area contributed by atoms with Crippen molar-refractivity contribution >= 4 is 39.1 Å². The van der Waals surface area contributed by atoms with Crippen LogP contribution < -0.4 is 14.4 Å². The number of anilines is 1. The number of sulfonamides is 1. The highest BCUT2D eigenvalue weighted by molar-refractivity contribution is 7.92. The molecule has 0 aliphatic heterocycles. The van der Waals surface area contributed by atoms with E-state index in [0.29, 0.717) is 22.9 Å². The number of carbonyl (C=O) groups excluding carboxylic acids is 2. The number of hydrogen-bond acceptors (Lipinski definition) is 5. The van der Waals surface area contributed by atoms with E-state index >= 15 is 0 Å². The minimum atomic E-state index is -4.12. The lowest BCUT2D eigenvalue weighted by Crippen LogP contribution is -2.51. The summed E-state index contributed by atoms with van der Waals surface area (Å²) in [5.74, 6) is -0.329. The van der Waals surface area contributed by atoms with E-state index in [0.717, 1.165) is 10.7 Å². The van der Waals surface area contributed by atoms with Gasteiger partial charge in [0.25, 0.3) is 10.0 Å². The Labute approximate surface area is 229 Å². The van der Waals surface area contributed by atoms with Gasteiger partial charge in [0.15, 0.2) is 0 Å². The molecular formula is C28H32ClN3O5S. The number of amides is 2. The molecule has 0 saturated heterocycles. The summed E-state index contributed by atoms with van der Waals surface area (Å²) in [6.07, 6.45) is 0.737. The standard InChI is InChI=1S/C28H32ClN3O5S/c1-4-17-30-28(34)21(2)31(19-22-9-8-10-23(29)18-22)27(33)20-32(24-13-15-25(37-3)16-14-24)38(35,36)26-11-6-5-7-12-26/h5-16,18,21H,4,17,19-20H2,1-3H3,(H,30,34). The summed E-state index contributed by atoms with van der Waals surface area (Å²) < 4.78 is 33.7. The monoisotopic (exact) mass is 557 g/mol. The molecule has 0 bridgehead atoms. The minimum absolute atomic E-state index is 0.0405. The van der Waals surface area contributed by atoms with Gasteiger partial charge in [-0.25, -0.2) is 8.42 Å². The number of halogens is 1. The minimum Gasteiger partial charge on any atom is -0.497 e. The van der Waals surface area contributed by atoms with E-state index in [2.05, 4.69) is 5.32 Å². The van der Waals surface area contributed by atoms with Crippen LogP contribution in [-0.2, 0) is 26.2 Å². The van der Waals surface area contributed by atoms with Crippen LogP contribution in [0, 0.1) is 0 Å². The molecule has 3 aromatic rings. The van der Waals surface area contributed by atoms with Crippen LogP contribution in [0.4, 0.5) is 5.69 Å². The van der Waals surface area contributed by atoms with Crippen LogP contribution in [0.3, 0.4) is 0 Å².